The molecule has 0 aromatic carbocycles. The van der Waals surface area contributed by atoms with E-state index >= 15 is 0 Å². The maximum atomic E-state index is 10.2. The molecule has 1 atom stereocenters. The minimum absolute atomic E-state index is 0.552. The highest BCUT2D eigenvalue weighted by Crippen LogP contribution is 2.10. The fraction of sp³-hybridized carbons (Fsp3) is 0.857. The van der Waals surface area contributed by atoms with Crippen LogP contribution in [-0.2, 0) is 4.79 Å². The van der Waals surface area contributed by atoms with E-state index in [-0.39, 0.29) is 0 Å². The zero-order valence-electron chi connectivity index (χ0n) is 6.91. The second kappa shape index (κ2) is 5.43. The van der Waals surface area contributed by atoms with Gasteiger partial charge < -0.3 is 10.8 Å². The maximum absolute atomic E-state index is 10.2. The Morgan fingerprint density at radius 3 is 2.55 bits per heavy atom. The lowest BCUT2D eigenvalue weighted by Crippen LogP contribution is -2.30. The van der Waals surface area contributed by atoms with E-state index in [1.165, 1.54) is 0 Å². The first-order chi connectivity index (χ1) is 5.04. The van der Waals surface area contributed by atoms with Crippen LogP contribution in [0.3, 0.4) is 0 Å². The van der Waals surface area contributed by atoms with Crippen molar-refractivity contribution in [2.45, 2.75) is 31.6 Å². The van der Waals surface area contributed by atoms with Gasteiger partial charge in [0.2, 0.25) is 0 Å². The molecule has 0 saturated carbocycles. The van der Waals surface area contributed by atoms with Crippen molar-refractivity contribution < 1.29 is 9.90 Å². The zero-order valence-corrected chi connectivity index (χ0v) is 7.73. The van der Waals surface area contributed by atoms with Gasteiger partial charge in [-0.05, 0) is 17.4 Å². The summed E-state index contributed by atoms with van der Waals surface area (Å²) in [7, 11) is 0. The van der Waals surface area contributed by atoms with E-state index < -0.39 is 12.0 Å². The molecule has 11 heavy (non-hydrogen) atoms. The number of carboxylic acids is 1. The SMILES string of the molecule is CC(C)SCC[C@@H](N)C(=O)O. The van der Waals surface area contributed by atoms with Gasteiger partial charge >= 0.3 is 5.97 Å². The lowest BCUT2D eigenvalue weighted by atomic mass is 10.2. The molecule has 0 radical (unpaired) electrons. The number of hydrogen-bond donors (Lipinski definition) is 2. The quantitative estimate of drug-likeness (QED) is 0.655. The highest BCUT2D eigenvalue weighted by Gasteiger charge is 2.10. The van der Waals surface area contributed by atoms with Crippen LogP contribution in [0.4, 0.5) is 0 Å². The smallest absolute Gasteiger partial charge is 0.320 e. The van der Waals surface area contributed by atoms with Crippen LogP contribution in [0.5, 0.6) is 0 Å². The van der Waals surface area contributed by atoms with Crippen LogP contribution < -0.4 is 5.73 Å². The van der Waals surface area contributed by atoms with Gasteiger partial charge in [-0.25, -0.2) is 0 Å². The third kappa shape index (κ3) is 6.19. The minimum Gasteiger partial charge on any atom is -0.480 e. The lowest BCUT2D eigenvalue weighted by Gasteiger charge is -2.07. The Morgan fingerprint density at radius 2 is 2.18 bits per heavy atom. The Hall–Kier alpha value is -0.220. The molecule has 0 aliphatic carbocycles. The van der Waals surface area contributed by atoms with Crippen LogP contribution in [0.25, 0.3) is 0 Å². The van der Waals surface area contributed by atoms with Crippen molar-refractivity contribution in [2.24, 2.45) is 5.73 Å². The Labute approximate surface area is 71.3 Å². The summed E-state index contributed by atoms with van der Waals surface area (Å²) in [6.07, 6.45) is 0.554. The summed E-state index contributed by atoms with van der Waals surface area (Å²) < 4.78 is 0. The molecule has 66 valence electrons. The van der Waals surface area contributed by atoms with Crippen molar-refractivity contribution >= 4 is 17.7 Å². The maximum Gasteiger partial charge on any atom is 0.320 e. The number of rotatable bonds is 5. The van der Waals surface area contributed by atoms with Gasteiger partial charge in [0, 0.05) is 0 Å². The lowest BCUT2D eigenvalue weighted by molar-refractivity contribution is -0.138. The number of nitrogens with two attached hydrogens (primary N) is 1. The van der Waals surface area contributed by atoms with Crippen molar-refractivity contribution in [1.82, 2.24) is 0 Å². The predicted molar refractivity (Wildman–Crippen MR) is 47.8 cm³/mol. The predicted octanol–water partition coefficient (Wildman–Crippen LogP) is 0.930. The summed E-state index contributed by atoms with van der Waals surface area (Å²) in [4.78, 5) is 10.2. The first kappa shape index (κ1) is 10.8. The minimum atomic E-state index is -0.908. The molecule has 0 aliphatic heterocycles. The topological polar surface area (TPSA) is 63.3 Å². The van der Waals surface area contributed by atoms with Gasteiger partial charge in [0.1, 0.15) is 6.04 Å². The van der Waals surface area contributed by atoms with Gasteiger partial charge in [0.25, 0.3) is 0 Å². The van der Waals surface area contributed by atoms with Gasteiger partial charge in [-0.3, -0.25) is 4.79 Å². The molecule has 0 fully saturated rings. The highest BCUT2D eigenvalue weighted by molar-refractivity contribution is 7.99. The summed E-state index contributed by atoms with van der Waals surface area (Å²) in [6, 6.07) is -0.693. The van der Waals surface area contributed by atoms with Crippen LogP contribution in [0.2, 0.25) is 0 Å². The largest absolute Gasteiger partial charge is 0.480 e. The molecule has 0 amide bonds. The Morgan fingerprint density at radius 1 is 1.64 bits per heavy atom. The monoisotopic (exact) mass is 177 g/mol. The van der Waals surface area contributed by atoms with E-state index in [9.17, 15) is 4.79 Å². The van der Waals surface area contributed by atoms with Crippen molar-refractivity contribution in [1.29, 1.82) is 0 Å². The van der Waals surface area contributed by atoms with Gasteiger partial charge in [0.15, 0.2) is 0 Å². The molecule has 0 unspecified atom stereocenters. The first-order valence-electron chi connectivity index (χ1n) is 3.64. The number of thioether (sulfide) groups is 1. The zero-order chi connectivity index (χ0) is 8.85. The molecule has 4 heteroatoms. The molecule has 0 bridgehead atoms. The normalized spacial score (nSPS) is 13.5. The number of carbonyl (C=O) groups is 1. The molecule has 0 aromatic heterocycles. The van der Waals surface area contributed by atoms with E-state index in [1.807, 2.05) is 0 Å². The molecule has 0 rings (SSSR count). The Kier molecular flexibility index (Phi) is 5.32. The molecule has 0 heterocycles. The van der Waals surface area contributed by atoms with Crippen LogP contribution in [-0.4, -0.2) is 28.1 Å². The average molecular weight is 177 g/mol. The standard InChI is InChI=1S/C7H15NO2S/c1-5(2)11-4-3-6(8)7(9)10/h5-6H,3-4,8H2,1-2H3,(H,9,10)/t6-/m1/s1. The van der Waals surface area contributed by atoms with Crippen molar-refractivity contribution in [3.63, 3.8) is 0 Å². The fourth-order valence-electron chi connectivity index (χ4n) is 0.554. The summed E-state index contributed by atoms with van der Waals surface area (Å²) in [6.45, 7) is 4.16. The third-order valence-corrected chi connectivity index (χ3v) is 2.34. The molecular formula is C7H15NO2S. The van der Waals surface area contributed by atoms with E-state index in [2.05, 4.69) is 13.8 Å². The average Bonchev–Trinajstić information content (AvgIpc) is 1.86. The summed E-state index contributed by atoms with van der Waals surface area (Å²) in [5.74, 6) is -0.0835. The van der Waals surface area contributed by atoms with Gasteiger partial charge in [-0.1, -0.05) is 13.8 Å². The molecule has 3 N–H and O–H groups in total. The molecule has 3 nitrogen and oxygen atoms in total. The van der Waals surface area contributed by atoms with E-state index in [0.29, 0.717) is 11.7 Å². The summed E-state index contributed by atoms with van der Waals surface area (Å²) >= 11 is 1.73. The van der Waals surface area contributed by atoms with Gasteiger partial charge in [-0.2, -0.15) is 11.8 Å². The van der Waals surface area contributed by atoms with Gasteiger partial charge in [0.05, 0.1) is 0 Å². The number of carboxylic acid groups (broad SMARTS) is 1. The van der Waals surface area contributed by atoms with E-state index in [0.717, 1.165) is 5.75 Å². The van der Waals surface area contributed by atoms with Crippen LogP contribution >= 0.6 is 11.8 Å². The third-order valence-electron chi connectivity index (χ3n) is 1.20. The van der Waals surface area contributed by atoms with Crippen molar-refractivity contribution in [3.05, 3.63) is 0 Å². The number of aliphatic carboxylic acids is 1. The van der Waals surface area contributed by atoms with Crippen LogP contribution in [0, 0.1) is 0 Å². The van der Waals surface area contributed by atoms with Crippen LogP contribution in [0.15, 0.2) is 0 Å². The van der Waals surface area contributed by atoms with Crippen molar-refractivity contribution in [3.8, 4) is 0 Å². The van der Waals surface area contributed by atoms with Gasteiger partial charge in [-0.15, -0.1) is 0 Å². The summed E-state index contributed by atoms with van der Waals surface area (Å²) in [5.41, 5.74) is 5.29. The second-order valence-corrected chi connectivity index (χ2v) is 4.34. The molecular weight excluding hydrogens is 162 g/mol. The van der Waals surface area contributed by atoms with E-state index in [1.54, 1.807) is 11.8 Å². The van der Waals surface area contributed by atoms with Crippen LogP contribution in [0.1, 0.15) is 20.3 Å². The number of hydrogen-bond acceptors (Lipinski definition) is 3. The first-order valence-corrected chi connectivity index (χ1v) is 4.69. The second-order valence-electron chi connectivity index (χ2n) is 2.65. The highest BCUT2D eigenvalue weighted by atomic mass is 32.2. The fourth-order valence-corrected chi connectivity index (χ4v) is 1.42. The van der Waals surface area contributed by atoms with Crippen molar-refractivity contribution in [2.75, 3.05) is 5.75 Å². The summed E-state index contributed by atoms with van der Waals surface area (Å²) in [5, 5.41) is 8.96. The Bertz CT molecular complexity index is 128. The van der Waals surface area contributed by atoms with E-state index in [4.69, 9.17) is 10.8 Å². The molecule has 0 aromatic rings. The molecule has 0 aliphatic rings. The Balaban J connectivity index is 3.31. The molecule has 0 saturated heterocycles. The molecule has 0 spiro atoms.